The zero-order chi connectivity index (χ0) is 15.1. The highest BCUT2D eigenvalue weighted by atomic mass is 16.6. The van der Waals surface area contributed by atoms with E-state index < -0.39 is 5.60 Å². The van der Waals surface area contributed by atoms with E-state index >= 15 is 0 Å². The maximum Gasteiger partial charge on any atom is 0.303 e. The number of carbonyl (C=O) groups excluding carboxylic acids is 1. The molecule has 2 aliphatic carbocycles. The molecule has 3 nitrogen and oxygen atoms in total. The van der Waals surface area contributed by atoms with Crippen LogP contribution in [0.2, 0.25) is 0 Å². The van der Waals surface area contributed by atoms with E-state index in [1.807, 2.05) is 13.8 Å². The highest BCUT2D eigenvalue weighted by molar-refractivity contribution is 5.66. The predicted molar refractivity (Wildman–Crippen MR) is 81.1 cm³/mol. The summed E-state index contributed by atoms with van der Waals surface area (Å²) in [6, 6.07) is 0. The van der Waals surface area contributed by atoms with Gasteiger partial charge in [0.2, 0.25) is 0 Å². The lowest BCUT2D eigenvalue weighted by Crippen LogP contribution is -2.53. The van der Waals surface area contributed by atoms with Gasteiger partial charge in [0.1, 0.15) is 5.60 Å². The maximum atomic E-state index is 11.2. The number of esters is 1. The maximum absolute atomic E-state index is 11.2. The highest BCUT2D eigenvalue weighted by Crippen LogP contribution is 2.61. The topological polar surface area (TPSA) is 52.3 Å². The van der Waals surface area contributed by atoms with E-state index in [0.29, 0.717) is 18.4 Å². The summed E-state index contributed by atoms with van der Waals surface area (Å²) in [7, 11) is 0. The number of hydrogen-bond donors (Lipinski definition) is 1. The summed E-state index contributed by atoms with van der Waals surface area (Å²) in [6.07, 6.45) is 5.73. The zero-order valence-electron chi connectivity index (χ0n) is 13.5. The van der Waals surface area contributed by atoms with E-state index in [-0.39, 0.29) is 11.4 Å². The average Bonchev–Trinajstić information content (AvgIpc) is 2.63. The molecule has 2 rings (SSSR count). The lowest BCUT2D eigenvalue weighted by molar-refractivity contribution is -0.161. The van der Waals surface area contributed by atoms with Gasteiger partial charge in [0.05, 0.1) is 0 Å². The van der Waals surface area contributed by atoms with Crippen LogP contribution < -0.4 is 5.73 Å². The van der Waals surface area contributed by atoms with E-state index in [1.54, 1.807) is 5.57 Å². The molecule has 1 saturated carbocycles. The van der Waals surface area contributed by atoms with Crippen LogP contribution in [0, 0.1) is 23.2 Å². The van der Waals surface area contributed by atoms with Gasteiger partial charge in [0.25, 0.3) is 0 Å². The molecule has 0 aromatic carbocycles. The highest BCUT2D eigenvalue weighted by Gasteiger charge is 2.56. The van der Waals surface area contributed by atoms with Crippen molar-refractivity contribution < 1.29 is 9.53 Å². The first-order valence-electron chi connectivity index (χ1n) is 7.79. The number of rotatable bonds is 5. The Morgan fingerprint density at radius 2 is 2.20 bits per heavy atom. The number of nitrogens with two attached hydrogens (primary N) is 1. The standard InChI is InChI=1S/C17H29NO2/c1-11(2)13-6-14-8-17(10-18,15(14)7-13)9-16(4,5)20-12(3)19/h7,11,14-15H,6,8-10,18H2,1-5H3/t14-,15-,17-/m0/s1. The second-order valence-corrected chi connectivity index (χ2v) is 7.69. The molecule has 0 bridgehead atoms. The van der Waals surface area contributed by atoms with E-state index in [4.69, 9.17) is 10.5 Å². The first kappa shape index (κ1) is 15.6. The van der Waals surface area contributed by atoms with E-state index in [9.17, 15) is 4.79 Å². The summed E-state index contributed by atoms with van der Waals surface area (Å²) in [5, 5.41) is 0. The largest absolute Gasteiger partial charge is 0.460 e. The molecule has 0 aromatic rings. The van der Waals surface area contributed by atoms with Crippen molar-refractivity contribution in [3.05, 3.63) is 11.6 Å². The van der Waals surface area contributed by atoms with E-state index in [2.05, 4.69) is 19.9 Å². The molecular weight excluding hydrogens is 250 g/mol. The summed E-state index contributed by atoms with van der Waals surface area (Å²) >= 11 is 0. The van der Waals surface area contributed by atoms with E-state index in [1.165, 1.54) is 19.8 Å². The van der Waals surface area contributed by atoms with Crippen LogP contribution in [0.15, 0.2) is 11.6 Å². The summed E-state index contributed by atoms with van der Waals surface area (Å²) < 4.78 is 5.48. The third-order valence-corrected chi connectivity index (χ3v) is 5.12. The molecule has 3 heteroatoms. The van der Waals surface area contributed by atoms with Gasteiger partial charge >= 0.3 is 5.97 Å². The van der Waals surface area contributed by atoms with Crippen molar-refractivity contribution in [1.82, 2.24) is 0 Å². The Hall–Kier alpha value is -0.830. The fraction of sp³-hybridized carbons (Fsp3) is 0.824. The van der Waals surface area contributed by atoms with Crippen molar-refractivity contribution >= 4 is 5.97 Å². The monoisotopic (exact) mass is 279 g/mol. The number of allylic oxidation sites excluding steroid dienone is 2. The van der Waals surface area contributed by atoms with Crippen molar-refractivity contribution in [2.24, 2.45) is 28.9 Å². The fourth-order valence-corrected chi connectivity index (χ4v) is 4.42. The molecule has 114 valence electrons. The van der Waals surface area contributed by atoms with Crippen molar-refractivity contribution in [1.29, 1.82) is 0 Å². The van der Waals surface area contributed by atoms with Crippen LogP contribution in [-0.4, -0.2) is 18.1 Å². The van der Waals surface area contributed by atoms with Crippen LogP contribution in [-0.2, 0) is 9.53 Å². The molecule has 0 amide bonds. The molecule has 20 heavy (non-hydrogen) atoms. The Bertz CT molecular complexity index is 425. The molecular formula is C17H29NO2. The lowest BCUT2D eigenvalue weighted by atomic mass is 9.52. The number of carbonyl (C=O) groups is 1. The summed E-state index contributed by atoms with van der Waals surface area (Å²) in [4.78, 5) is 11.2. The van der Waals surface area contributed by atoms with Gasteiger partial charge in [-0.25, -0.2) is 0 Å². The molecule has 0 aliphatic heterocycles. The smallest absolute Gasteiger partial charge is 0.303 e. The third kappa shape index (κ3) is 2.78. The van der Waals surface area contributed by atoms with Gasteiger partial charge in [-0.3, -0.25) is 4.79 Å². The molecule has 1 fully saturated rings. The Balaban J connectivity index is 2.11. The third-order valence-electron chi connectivity index (χ3n) is 5.12. The van der Waals surface area contributed by atoms with Crippen LogP contribution in [0.1, 0.15) is 53.9 Å². The molecule has 0 radical (unpaired) electrons. The summed E-state index contributed by atoms with van der Waals surface area (Å²) in [6.45, 7) is 10.7. The van der Waals surface area contributed by atoms with Crippen molar-refractivity contribution in [2.75, 3.05) is 6.54 Å². The number of fused-ring (bicyclic) bond motifs is 1. The molecule has 0 spiro atoms. The normalized spacial score (nSPS) is 32.6. The molecule has 0 saturated heterocycles. The Morgan fingerprint density at radius 1 is 1.55 bits per heavy atom. The van der Waals surface area contributed by atoms with Crippen molar-refractivity contribution in [2.45, 2.75) is 59.5 Å². The molecule has 0 aromatic heterocycles. The molecule has 2 N–H and O–H groups in total. The van der Waals surface area contributed by atoms with Crippen LogP contribution >= 0.6 is 0 Å². The van der Waals surface area contributed by atoms with Gasteiger partial charge in [-0.1, -0.05) is 25.5 Å². The van der Waals surface area contributed by atoms with Crippen LogP contribution in [0.4, 0.5) is 0 Å². The zero-order valence-corrected chi connectivity index (χ0v) is 13.5. The van der Waals surface area contributed by atoms with Crippen LogP contribution in [0.3, 0.4) is 0 Å². The van der Waals surface area contributed by atoms with Gasteiger partial charge in [0.15, 0.2) is 0 Å². The number of ether oxygens (including phenoxy) is 1. The van der Waals surface area contributed by atoms with Crippen LogP contribution in [0.25, 0.3) is 0 Å². The summed E-state index contributed by atoms with van der Waals surface area (Å²) in [5.74, 6) is 1.78. The average molecular weight is 279 g/mol. The minimum absolute atomic E-state index is 0.125. The van der Waals surface area contributed by atoms with Gasteiger partial charge in [-0.15, -0.1) is 0 Å². The first-order valence-corrected chi connectivity index (χ1v) is 7.79. The number of hydrogen-bond acceptors (Lipinski definition) is 3. The predicted octanol–water partition coefficient (Wildman–Crippen LogP) is 3.29. The quantitative estimate of drug-likeness (QED) is 0.620. The van der Waals surface area contributed by atoms with Gasteiger partial charge < -0.3 is 10.5 Å². The van der Waals surface area contributed by atoms with E-state index in [0.717, 1.165) is 12.3 Å². The molecule has 0 unspecified atom stereocenters. The van der Waals surface area contributed by atoms with Crippen molar-refractivity contribution in [3.63, 3.8) is 0 Å². The summed E-state index contributed by atoms with van der Waals surface area (Å²) in [5.41, 5.74) is 7.40. The van der Waals surface area contributed by atoms with Gasteiger partial charge in [-0.05, 0) is 62.8 Å². The lowest BCUT2D eigenvalue weighted by Gasteiger charge is -2.54. The van der Waals surface area contributed by atoms with Gasteiger partial charge in [0, 0.05) is 6.92 Å². The first-order chi connectivity index (χ1) is 9.19. The minimum Gasteiger partial charge on any atom is -0.460 e. The minimum atomic E-state index is -0.426. The Labute approximate surface area is 122 Å². The second kappa shape index (κ2) is 5.18. The molecule has 3 atom stereocenters. The SMILES string of the molecule is CC(=O)OC(C)(C)C[C@]1(CN)C[C@@H]2CC(C(C)C)=C[C@@H]21. The molecule has 0 heterocycles. The fourth-order valence-electron chi connectivity index (χ4n) is 4.42. The van der Waals surface area contributed by atoms with Crippen molar-refractivity contribution in [3.8, 4) is 0 Å². The van der Waals surface area contributed by atoms with Crippen LogP contribution in [0.5, 0.6) is 0 Å². The second-order valence-electron chi connectivity index (χ2n) is 7.69. The Morgan fingerprint density at radius 3 is 2.70 bits per heavy atom. The Kier molecular flexibility index (Phi) is 4.03. The van der Waals surface area contributed by atoms with Gasteiger partial charge in [-0.2, -0.15) is 0 Å². The molecule has 2 aliphatic rings.